The third-order valence-electron chi connectivity index (χ3n) is 2.26. The number of rotatable bonds is 4. The highest BCUT2D eigenvalue weighted by Crippen LogP contribution is 2.20. The van der Waals surface area contributed by atoms with Gasteiger partial charge in [0.15, 0.2) is 0 Å². The van der Waals surface area contributed by atoms with Crippen LogP contribution in [-0.2, 0) is 9.53 Å². The molecule has 13 heavy (non-hydrogen) atoms. The molecule has 0 aliphatic carbocycles. The van der Waals surface area contributed by atoms with E-state index in [4.69, 9.17) is 0 Å². The molecule has 0 aromatic rings. The molecule has 78 valence electrons. The maximum Gasteiger partial charge on any atom is 0.246 e. The minimum atomic E-state index is -0.962. The number of hydrogen-bond acceptors (Lipinski definition) is 3. The Morgan fingerprint density at radius 3 is 2.15 bits per heavy atom. The monoisotopic (exact) mass is 189 g/mol. The Balaban J connectivity index is 4.26. The molecule has 0 atom stereocenters. The van der Waals surface area contributed by atoms with Crippen LogP contribution in [-0.4, -0.2) is 35.9 Å². The maximum atomic E-state index is 11.2. The SMILES string of the molecule is COCC(=O)NC(C)(C)C(C)(C)O. The van der Waals surface area contributed by atoms with E-state index in [9.17, 15) is 9.90 Å². The Bertz CT molecular complexity index is 182. The molecule has 0 saturated carbocycles. The fourth-order valence-corrected chi connectivity index (χ4v) is 0.669. The molecule has 0 aromatic carbocycles. The number of nitrogens with one attached hydrogen (secondary N) is 1. The van der Waals surface area contributed by atoms with Gasteiger partial charge < -0.3 is 15.2 Å². The second-order valence-corrected chi connectivity index (χ2v) is 4.17. The molecule has 0 aromatic heterocycles. The molecule has 2 N–H and O–H groups in total. The number of aliphatic hydroxyl groups is 1. The van der Waals surface area contributed by atoms with E-state index in [2.05, 4.69) is 10.1 Å². The van der Waals surface area contributed by atoms with Crippen molar-refractivity contribution in [3.05, 3.63) is 0 Å². The zero-order chi connectivity index (χ0) is 10.7. The lowest BCUT2D eigenvalue weighted by Crippen LogP contribution is -2.58. The summed E-state index contributed by atoms with van der Waals surface area (Å²) in [4.78, 5) is 11.2. The fraction of sp³-hybridized carbons (Fsp3) is 0.889. The van der Waals surface area contributed by atoms with E-state index in [-0.39, 0.29) is 12.5 Å². The highest BCUT2D eigenvalue weighted by Gasteiger charge is 2.36. The molecule has 0 fully saturated rings. The fourth-order valence-electron chi connectivity index (χ4n) is 0.669. The molecule has 0 radical (unpaired) electrons. The average molecular weight is 189 g/mol. The lowest BCUT2D eigenvalue weighted by molar-refractivity contribution is -0.129. The molecule has 0 aliphatic rings. The Hall–Kier alpha value is -0.610. The summed E-state index contributed by atoms with van der Waals surface area (Å²) in [7, 11) is 1.46. The summed E-state index contributed by atoms with van der Waals surface area (Å²) >= 11 is 0. The lowest BCUT2D eigenvalue weighted by atomic mass is 9.86. The van der Waals surface area contributed by atoms with Crippen molar-refractivity contribution < 1.29 is 14.6 Å². The van der Waals surface area contributed by atoms with E-state index in [1.54, 1.807) is 27.7 Å². The van der Waals surface area contributed by atoms with Crippen molar-refractivity contribution in [2.24, 2.45) is 0 Å². The van der Waals surface area contributed by atoms with Crippen molar-refractivity contribution >= 4 is 5.91 Å². The number of amides is 1. The van der Waals surface area contributed by atoms with Crippen LogP contribution in [0.2, 0.25) is 0 Å². The van der Waals surface area contributed by atoms with Crippen LogP contribution in [0.4, 0.5) is 0 Å². The third kappa shape index (κ3) is 3.74. The first kappa shape index (κ1) is 12.4. The summed E-state index contributed by atoms with van der Waals surface area (Å²) < 4.78 is 4.67. The molecule has 4 nitrogen and oxygen atoms in total. The van der Waals surface area contributed by atoms with Gasteiger partial charge in [-0.1, -0.05) is 0 Å². The highest BCUT2D eigenvalue weighted by molar-refractivity contribution is 5.78. The van der Waals surface area contributed by atoms with Gasteiger partial charge in [0.05, 0.1) is 11.1 Å². The van der Waals surface area contributed by atoms with Gasteiger partial charge in [0.25, 0.3) is 0 Å². The Morgan fingerprint density at radius 1 is 1.38 bits per heavy atom. The summed E-state index contributed by atoms with van der Waals surface area (Å²) in [6, 6.07) is 0. The van der Waals surface area contributed by atoms with Crippen molar-refractivity contribution in [1.29, 1.82) is 0 Å². The van der Waals surface area contributed by atoms with Crippen molar-refractivity contribution in [2.45, 2.75) is 38.8 Å². The highest BCUT2D eigenvalue weighted by atomic mass is 16.5. The molecule has 1 amide bonds. The minimum Gasteiger partial charge on any atom is -0.388 e. The largest absolute Gasteiger partial charge is 0.388 e. The molecule has 0 rings (SSSR count). The third-order valence-corrected chi connectivity index (χ3v) is 2.26. The van der Waals surface area contributed by atoms with Gasteiger partial charge >= 0.3 is 0 Å². The van der Waals surface area contributed by atoms with Crippen LogP contribution in [0.5, 0.6) is 0 Å². The molecule has 0 unspecified atom stereocenters. The first-order valence-corrected chi connectivity index (χ1v) is 4.23. The van der Waals surface area contributed by atoms with Crippen LogP contribution in [0, 0.1) is 0 Å². The van der Waals surface area contributed by atoms with E-state index < -0.39 is 11.1 Å². The Labute approximate surface area is 79.3 Å². The molecule has 0 aliphatic heterocycles. The van der Waals surface area contributed by atoms with Crippen LogP contribution < -0.4 is 5.32 Å². The zero-order valence-corrected chi connectivity index (χ0v) is 8.97. The van der Waals surface area contributed by atoms with E-state index in [0.29, 0.717) is 0 Å². The summed E-state index contributed by atoms with van der Waals surface area (Å²) in [6.07, 6.45) is 0. The van der Waals surface area contributed by atoms with Gasteiger partial charge in [-0.3, -0.25) is 4.79 Å². The number of carbonyl (C=O) groups excluding carboxylic acids is 1. The van der Waals surface area contributed by atoms with E-state index in [1.165, 1.54) is 7.11 Å². The molecule has 4 heteroatoms. The van der Waals surface area contributed by atoms with Gasteiger partial charge in [0.2, 0.25) is 5.91 Å². The molecule has 0 spiro atoms. The van der Waals surface area contributed by atoms with Crippen LogP contribution in [0.3, 0.4) is 0 Å². The standard InChI is InChI=1S/C9H19NO3/c1-8(2,9(3,4)12)10-7(11)6-13-5/h12H,6H2,1-5H3,(H,10,11). The van der Waals surface area contributed by atoms with Crippen LogP contribution in [0.15, 0.2) is 0 Å². The topological polar surface area (TPSA) is 58.6 Å². The van der Waals surface area contributed by atoms with Crippen molar-refractivity contribution in [3.63, 3.8) is 0 Å². The van der Waals surface area contributed by atoms with Crippen molar-refractivity contribution in [1.82, 2.24) is 5.32 Å². The predicted molar refractivity (Wildman–Crippen MR) is 50.4 cm³/mol. The number of carbonyl (C=O) groups is 1. The Kier molecular flexibility index (Phi) is 3.88. The normalized spacial score (nSPS) is 12.8. The van der Waals surface area contributed by atoms with Gasteiger partial charge in [0.1, 0.15) is 6.61 Å². The van der Waals surface area contributed by atoms with Crippen LogP contribution >= 0.6 is 0 Å². The summed E-state index contributed by atoms with van der Waals surface area (Å²) in [6.45, 7) is 6.85. The van der Waals surface area contributed by atoms with Gasteiger partial charge in [-0.25, -0.2) is 0 Å². The number of ether oxygens (including phenoxy) is 1. The predicted octanol–water partition coefficient (Wildman–Crippen LogP) is 0.299. The Morgan fingerprint density at radius 2 is 1.85 bits per heavy atom. The molecule has 0 bridgehead atoms. The quantitative estimate of drug-likeness (QED) is 0.668. The van der Waals surface area contributed by atoms with Gasteiger partial charge in [0, 0.05) is 7.11 Å². The second kappa shape index (κ2) is 4.07. The minimum absolute atomic E-state index is 0.0134. The van der Waals surface area contributed by atoms with Crippen LogP contribution in [0.25, 0.3) is 0 Å². The summed E-state index contributed by atoms with van der Waals surface area (Å²) in [5, 5.41) is 12.4. The lowest BCUT2D eigenvalue weighted by Gasteiger charge is -2.37. The molecular formula is C9H19NO3. The number of methoxy groups -OCH3 is 1. The van der Waals surface area contributed by atoms with E-state index in [1.807, 2.05) is 0 Å². The number of hydrogen-bond donors (Lipinski definition) is 2. The zero-order valence-electron chi connectivity index (χ0n) is 8.97. The van der Waals surface area contributed by atoms with E-state index in [0.717, 1.165) is 0 Å². The summed E-state index contributed by atoms with van der Waals surface area (Å²) in [5.41, 5.74) is -1.63. The second-order valence-electron chi connectivity index (χ2n) is 4.17. The average Bonchev–Trinajstić information content (AvgIpc) is 1.83. The van der Waals surface area contributed by atoms with E-state index >= 15 is 0 Å². The molecule has 0 saturated heterocycles. The molecule has 0 heterocycles. The molecular weight excluding hydrogens is 170 g/mol. The van der Waals surface area contributed by atoms with Crippen molar-refractivity contribution in [2.75, 3.05) is 13.7 Å². The van der Waals surface area contributed by atoms with Gasteiger partial charge in [-0.15, -0.1) is 0 Å². The first-order chi connectivity index (χ1) is 5.70. The first-order valence-electron chi connectivity index (χ1n) is 4.23. The summed E-state index contributed by atoms with van der Waals surface area (Å²) in [5.74, 6) is -0.227. The smallest absolute Gasteiger partial charge is 0.246 e. The maximum absolute atomic E-state index is 11.2. The van der Waals surface area contributed by atoms with Crippen molar-refractivity contribution in [3.8, 4) is 0 Å². The van der Waals surface area contributed by atoms with Gasteiger partial charge in [-0.2, -0.15) is 0 Å². The van der Waals surface area contributed by atoms with Crippen LogP contribution in [0.1, 0.15) is 27.7 Å². The van der Waals surface area contributed by atoms with Gasteiger partial charge in [-0.05, 0) is 27.7 Å².